The van der Waals surface area contributed by atoms with E-state index in [0.29, 0.717) is 19.5 Å². The average molecular weight is 223 g/mol. The van der Waals surface area contributed by atoms with Gasteiger partial charge in [-0.2, -0.15) is 0 Å². The molecule has 3 nitrogen and oxygen atoms in total. The highest BCUT2D eigenvalue weighted by atomic mass is 19.1. The molecule has 2 unspecified atom stereocenters. The molecule has 16 heavy (non-hydrogen) atoms. The summed E-state index contributed by atoms with van der Waals surface area (Å²) < 4.78 is 12.7. The van der Waals surface area contributed by atoms with Gasteiger partial charge in [0.15, 0.2) is 0 Å². The molecular formula is C12H14FNO2. The smallest absolute Gasteiger partial charge is 0.308 e. The molecule has 1 fully saturated rings. The Morgan fingerprint density at radius 3 is 2.69 bits per heavy atom. The summed E-state index contributed by atoms with van der Waals surface area (Å²) in [5.74, 6) is -1.24. The van der Waals surface area contributed by atoms with Crippen molar-refractivity contribution in [1.29, 1.82) is 0 Å². The third-order valence-corrected chi connectivity index (χ3v) is 3.07. The van der Waals surface area contributed by atoms with Crippen LogP contribution in [-0.2, 0) is 11.2 Å². The topological polar surface area (TPSA) is 49.3 Å². The molecule has 0 aromatic heterocycles. The molecule has 0 saturated carbocycles. The Bertz CT molecular complexity index is 377. The molecule has 86 valence electrons. The second-order valence-corrected chi connectivity index (χ2v) is 4.19. The summed E-state index contributed by atoms with van der Waals surface area (Å²) in [6.07, 6.45) is 0.685. The minimum atomic E-state index is -0.753. The molecular weight excluding hydrogens is 209 g/mol. The molecule has 2 N–H and O–H groups in total. The van der Waals surface area contributed by atoms with Gasteiger partial charge in [0.25, 0.3) is 0 Å². The van der Waals surface area contributed by atoms with E-state index in [0.717, 1.165) is 5.56 Å². The Morgan fingerprint density at radius 1 is 1.38 bits per heavy atom. The van der Waals surface area contributed by atoms with Crippen LogP contribution in [0.2, 0.25) is 0 Å². The van der Waals surface area contributed by atoms with Gasteiger partial charge in [-0.05, 0) is 36.6 Å². The number of aliphatic carboxylic acids is 1. The Labute approximate surface area is 93.3 Å². The number of hydrogen-bond donors (Lipinski definition) is 2. The zero-order valence-corrected chi connectivity index (χ0v) is 8.82. The highest BCUT2D eigenvalue weighted by molar-refractivity contribution is 5.71. The van der Waals surface area contributed by atoms with Crippen molar-refractivity contribution in [2.75, 3.05) is 13.1 Å². The number of carboxylic acids is 1. The van der Waals surface area contributed by atoms with E-state index in [1.165, 1.54) is 12.1 Å². The molecule has 2 rings (SSSR count). The highest BCUT2D eigenvalue weighted by Gasteiger charge is 2.32. The first-order chi connectivity index (χ1) is 7.66. The van der Waals surface area contributed by atoms with Gasteiger partial charge in [0.2, 0.25) is 0 Å². The van der Waals surface area contributed by atoms with Crippen molar-refractivity contribution in [3.63, 3.8) is 0 Å². The van der Waals surface area contributed by atoms with Gasteiger partial charge in [-0.25, -0.2) is 4.39 Å². The zero-order valence-electron chi connectivity index (χ0n) is 8.82. The predicted molar refractivity (Wildman–Crippen MR) is 57.6 cm³/mol. The minimum Gasteiger partial charge on any atom is -0.481 e. The maximum atomic E-state index is 12.7. The molecule has 1 aromatic carbocycles. The molecule has 0 spiro atoms. The monoisotopic (exact) mass is 223 g/mol. The van der Waals surface area contributed by atoms with E-state index in [2.05, 4.69) is 5.32 Å². The Morgan fingerprint density at radius 2 is 2.06 bits per heavy atom. The van der Waals surface area contributed by atoms with Crippen LogP contribution in [0, 0.1) is 17.7 Å². The van der Waals surface area contributed by atoms with Gasteiger partial charge < -0.3 is 10.4 Å². The number of carbonyl (C=O) groups is 1. The Hall–Kier alpha value is -1.42. The molecule has 1 aliphatic rings. The van der Waals surface area contributed by atoms with Crippen molar-refractivity contribution in [3.05, 3.63) is 35.6 Å². The molecule has 1 heterocycles. The Balaban J connectivity index is 2.03. The summed E-state index contributed by atoms with van der Waals surface area (Å²) in [6.45, 7) is 1.25. The van der Waals surface area contributed by atoms with Crippen LogP contribution in [-0.4, -0.2) is 24.2 Å². The van der Waals surface area contributed by atoms with E-state index >= 15 is 0 Å². The lowest BCUT2D eigenvalue weighted by Crippen LogP contribution is -2.23. The molecule has 1 saturated heterocycles. The van der Waals surface area contributed by atoms with Crippen molar-refractivity contribution in [3.8, 4) is 0 Å². The van der Waals surface area contributed by atoms with Gasteiger partial charge in [0.05, 0.1) is 5.92 Å². The number of halogens is 1. The largest absolute Gasteiger partial charge is 0.481 e. The third-order valence-electron chi connectivity index (χ3n) is 3.07. The lowest BCUT2D eigenvalue weighted by atomic mass is 9.90. The van der Waals surface area contributed by atoms with Crippen LogP contribution >= 0.6 is 0 Å². The number of carboxylic acid groups (broad SMARTS) is 1. The van der Waals surface area contributed by atoms with Crippen molar-refractivity contribution in [2.45, 2.75) is 6.42 Å². The number of benzene rings is 1. The normalized spacial score (nSPS) is 24.6. The van der Waals surface area contributed by atoms with E-state index in [9.17, 15) is 9.18 Å². The second-order valence-electron chi connectivity index (χ2n) is 4.19. The summed E-state index contributed by atoms with van der Waals surface area (Å²) in [7, 11) is 0. The van der Waals surface area contributed by atoms with Gasteiger partial charge in [0.1, 0.15) is 5.82 Å². The fourth-order valence-corrected chi connectivity index (χ4v) is 2.16. The van der Waals surface area contributed by atoms with E-state index in [1.54, 1.807) is 12.1 Å². The fourth-order valence-electron chi connectivity index (χ4n) is 2.16. The number of nitrogens with one attached hydrogen (secondary N) is 1. The van der Waals surface area contributed by atoms with Gasteiger partial charge in [0, 0.05) is 6.54 Å². The average Bonchev–Trinajstić information content (AvgIpc) is 2.69. The predicted octanol–water partition coefficient (Wildman–Crippen LogP) is 1.29. The first kappa shape index (κ1) is 11.1. The lowest BCUT2D eigenvalue weighted by molar-refractivity contribution is -0.142. The molecule has 0 amide bonds. The fraction of sp³-hybridized carbons (Fsp3) is 0.417. The Kier molecular flexibility index (Phi) is 3.19. The van der Waals surface area contributed by atoms with Gasteiger partial charge in [-0.3, -0.25) is 4.79 Å². The molecule has 0 radical (unpaired) electrons. The van der Waals surface area contributed by atoms with Crippen molar-refractivity contribution < 1.29 is 14.3 Å². The minimum absolute atomic E-state index is 0.1000. The molecule has 1 aliphatic heterocycles. The molecule has 0 bridgehead atoms. The van der Waals surface area contributed by atoms with Crippen molar-refractivity contribution in [2.24, 2.45) is 11.8 Å². The molecule has 0 aliphatic carbocycles. The van der Waals surface area contributed by atoms with Crippen LogP contribution in [0.1, 0.15) is 5.56 Å². The van der Waals surface area contributed by atoms with Crippen LogP contribution in [0.4, 0.5) is 4.39 Å². The van der Waals surface area contributed by atoms with Crippen LogP contribution in [0.5, 0.6) is 0 Å². The molecule has 4 heteroatoms. The summed E-state index contributed by atoms with van der Waals surface area (Å²) in [4.78, 5) is 11.0. The van der Waals surface area contributed by atoms with Gasteiger partial charge in [-0.1, -0.05) is 12.1 Å². The lowest BCUT2D eigenvalue weighted by Gasteiger charge is -2.14. The first-order valence-corrected chi connectivity index (χ1v) is 5.35. The number of hydrogen-bond acceptors (Lipinski definition) is 2. The standard InChI is InChI=1S/C12H14FNO2/c13-10-3-1-8(2-4-10)5-9-6-14-7-11(9)12(15)16/h1-4,9,11,14H,5-7H2,(H,15,16). The number of rotatable bonds is 3. The molecule has 1 aromatic rings. The van der Waals surface area contributed by atoms with E-state index in [4.69, 9.17) is 5.11 Å². The summed E-state index contributed by atoms with van der Waals surface area (Å²) in [5, 5.41) is 12.1. The first-order valence-electron chi connectivity index (χ1n) is 5.35. The maximum Gasteiger partial charge on any atom is 0.308 e. The van der Waals surface area contributed by atoms with Crippen LogP contribution in [0.25, 0.3) is 0 Å². The van der Waals surface area contributed by atoms with Crippen molar-refractivity contribution in [1.82, 2.24) is 5.32 Å². The highest BCUT2D eigenvalue weighted by Crippen LogP contribution is 2.21. The van der Waals surface area contributed by atoms with E-state index in [1.807, 2.05) is 0 Å². The molecule has 2 atom stereocenters. The summed E-state index contributed by atoms with van der Waals surface area (Å²) in [5.41, 5.74) is 0.987. The summed E-state index contributed by atoms with van der Waals surface area (Å²) in [6, 6.07) is 6.25. The SMILES string of the molecule is O=C(O)C1CNCC1Cc1ccc(F)cc1. The van der Waals surface area contributed by atoms with Crippen molar-refractivity contribution >= 4 is 5.97 Å². The quantitative estimate of drug-likeness (QED) is 0.811. The maximum absolute atomic E-state index is 12.7. The van der Waals surface area contributed by atoms with E-state index < -0.39 is 5.97 Å². The third kappa shape index (κ3) is 2.39. The van der Waals surface area contributed by atoms with Gasteiger partial charge in [-0.15, -0.1) is 0 Å². The van der Waals surface area contributed by atoms with Crippen LogP contribution < -0.4 is 5.32 Å². The summed E-state index contributed by atoms with van der Waals surface area (Å²) >= 11 is 0. The van der Waals surface area contributed by atoms with E-state index in [-0.39, 0.29) is 17.7 Å². The zero-order chi connectivity index (χ0) is 11.5. The van der Waals surface area contributed by atoms with Crippen LogP contribution in [0.3, 0.4) is 0 Å². The second kappa shape index (κ2) is 4.61. The van der Waals surface area contributed by atoms with Gasteiger partial charge >= 0.3 is 5.97 Å². The van der Waals surface area contributed by atoms with Crippen LogP contribution in [0.15, 0.2) is 24.3 Å².